The smallest absolute Gasteiger partial charge is 0.125 e. The van der Waals surface area contributed by atoms with Gasteiger partial charge in [-0.3, -0.25) is 0 Å². The van der Waals surface area contributed by atoms with Crippen LogP contribution in [0.2, 0.25) is 0 Å². The van der Waals surface area contributed by atoms with Gasteiger partial charge < -0.3 is 5.32 Å². The Morgan fingerprint density at radius 3 is 2.71 bits per heavy atom. The standard InChI is InChI=1S/C14H23N3/c1-9(2)16-8-11-13(14(11,4)5)12-6-7-15-10(3)17-12/h6-7,9,11,13,16H,8H2,1-5H3. The van der Waals surface area contributed by atoms with Crippen molar-refractivity contribution in [2.45, 2.75) is 46.6 Å². The number of hydrogen-bond acceptors (Lipinski definition) is 3. The van der Waals surface area contributed by atoms with Crippen LogP contribution in [0, 0.1) is 18.3 Å². The maximum atomic E-state index is 4.57. The van der Waals surface area contributed by atoms with E-state index in [1.54, 1.807) is 0 Å². The summed E-state index contributed by atoms with van der Waals surface area (Å²) in [5.74, 6) is 2.15. The number of aryl methyl sites for hydroxylation is 1. The van der Waals surface area contributed by atoms with E-state index in [1.165, 1.54) is 5.69 Å². The molecule has 1 aliphatic carbocycles. The summed E-state index contributed by atoms with van der Waals surface area (Å²) in [4.78, 5) is 8.74. The van der Waals surface area contributed by atoms with Gasteiger partial charge in [-0.2, -0.15) is 0 Å². The first-order valence-electron chi connectivity index (χ1n) is 6.46. The van der Waals surface area contributed by atoms with Gasteiger partial charge in [0, 0.05) is 23.9 Å². The van der Waals surface area contributed by atoms with Gasteiger partial charge in [-0.1, -0.05) is 27.7 Å². The van der Waals surface area contributed by atoms with Gasteiger partial charge >= 0.3 is 0 Å². The molecule has 1 heterocycles. The van der Waals surface area contributed by atoms with Crippen LogP contribution < -0.4 is 5.32 Å². The molecule has 0 aliphatic heterocycles. The van der Waals surface area contributed by atoms with E-state index >= 15 is 0 Å². The fourth-order valence-corrected chi connectivity index (χ4v) is 2.72. The average molecular weight is 233 g/mol. The van der Waals surface area contributed by atoms with Crippen LogP contribution in [0.3, 0.4) is 0 Å². The van der Waals surface area contributed by atoms with Crippen molar-refractivity contribution in [2.24, 2.45) is 11.3 Å². The van der Waals surface area contributed by atoms with E-state index in [9.17, 15) is 0 Å². The first-order chi connectivity index (χ1) is 7.93. The van der Waals surface area contributed by atoms with Crippen LogP contribution in [0.25, 0.3) is 0 Å². The zero-order chi connectivity index (χ0) is 12.6. The molecular formula is C14H23N3. The van der Waals surface area contributed by atoms with Crippen LogP contribution in [-0.2, 0) is 0 Å². The lowest BCUT2D eigenvalue weighted by molar-refractivity contribution is 0.491. The van der Waals surface area contributed by atoms with Crippen molar-refractivity contribution in [1.82, 2.24) is 15.3 Å². The first-order valence-corrected chi connectivity index (χ1v) is 6.46. The van der Waals surface area contributed by atoms with Gasteiger partial charge in [-0.05, 0) is 30.9 Å². The van der Waals surface area contributed by atoms with Crippen LogP contribution in [0.1, 0.15) is 45.1 Å². The molecule has 1 N–H and O–H groups in total. The highest BCUT2D eigenvalue weighted by Gasteiger charge is 2.58. The molecule has 1 saturated carbocycles. The Kier molecular flexibility index (Phi) is 3.21. The quantitative estimate of drug-likeness (QED) is 0.868. The molecule has 2 atom stereocenters. The molecule has 1 aromatic heterocycles. The highest BCUT2D eigenvalue weighted by molar-refractivity contribution is 5.25. The Labute approximate surface area is 104 Å². The maximum absolute atomic E-state index is 4.57. The van der Waals surface area contributed by atoms with Crippen molar-refractivity contribution in [3.05, 3.63) is 23.8 Å². The Hall–Kier alpha value is -0.960. The predicted octanol–water partition coefficient (Wildman–Crippen LogP) is 2.52. The first kappa shape index (κ1) is 12.5. The van der Waals surface area contributed by atoms with E-state index in [2.05, 4.69) is 49.0 Å². The minimum absolute atomic E-state index is 0.364. The van der Waals surface area contributed by atoms with Gasteiger partial charge in [0.05, 0.1) is 0 Å². The summed E-state index contributed by atoms with van der Waals surface area (Å²) in [7, 11) is 0. The summed E-state index contributed by atoms with van der Waals surface area (Å²) in [6.07, 6.45) is 1.87. The average Bonchev–Trinajstić information content (AvgIpc) is 2.77. The normalized spacial score (nSPS) is 26.2. The summed E-state index contributed by atoms with van der Waals surface area (Å²) in [5.41, 5.74) is 1.57. The molecule has 1 fully saturated rings. The minimum Gasteiger partial charge on any atom is -0.314 e. The van der Waals surface area contributed by atoms with Gasteiger partial charge in [0.15, 0.2) is 0 Å². The molecule has 3 heteroatoms. The van der Waals surface area contributed by atoms with Crippen molar-refractivity contribution in [3.8, 4) is 0 Å². The molecule has 2 unspecified atom stereocenters. The second-order valence-corrected chi connectivity index (χ2v) is 6.00. The molecule has 1 aliphatic rings. The second-order valence-electron chi connectivity index (χ2n) is 6.00. The highest BCUT2D eigenvalue weighted by Crippen LogP contribution is 2.63. The van der Waals surface area contributed by atoms with E-state index in [1.807, 2.05) is 13.1 Å². The van der Waals surface area contributed by atoms with Crippen LogP contribution >= 0.6 is 0 Å². The lowest BCUT2D eigenvalue weighted by Gasteiger charge is -2.08. The molecule has 0 amide bonds. The Morgan fingerprint density at radius 2 is 2.12 bits per heavy atom. The summed E-state index contributed by atoms with van der Waals surface area (Å²) in [5, 5.41) is 3.53. The minimum atomic E-state index is 0.364. The lowest BCUT2D eigenvalue weighted by atomic mass is 10.1. The molecule has 3 nitrogen and oxygen atoms in total. The fourth-order valence-electron chi connectivity index (χ4n) is 2.72. The summed E-state index contributed by atoms with van der Waals surface area (Å²) < 4.78 is 0. The van der Waals surface area contributed by atoms with Crippen LogP contribution in [0.4, 0.5) is 0 Å². The number of hydrogen-bond donors (Lipinski definition) is 1. The van der Waals surface area contributed by atoms with Crippen molar-refractivity contribution in [1.29, 1.82) is 0 Å². The van der Waals surface area contributed by atoms with E-state index in [4.69, 9.17) is 0 Å². The molecule has 17 heavy (non-hydrogen) atoms. The maximum Gasteiger partial charge on any atom is 0.125 e. The van der Waals surface area contributed by atoms with Gasteiger partial charge in [0.1, 0.15) is 5.82 Å². The van der Waals surface area contributed by atoms with Crippen molar-refractivity contribution in [2.75, 3.05) is 6.54 Å². The van der Waals surface area contributed by atoms with Crippen molar-refractivity contribution >= 4 is 0 Å². The number of aromatic nitrogens is 2. The van der Waals surface area contributed by atoms with Crippen LogP contribution in [0.15, 0.2) is 12.3 Å². The molecule has 94 valence electrons. The van der Waals surface area contributed by atoms with E-state index in [-0.39, 0.29) is 0 Å². The SMILES string of the molecule is Cc1nccc(C2C(CNC(C)C)C2(C)C)n1. The molecule has 0 aromatic carbocycles. The zero-order valence-corrected chi connectivity index (χ0v) is 11.5. The summed E-state index contributed by atoms with van der Waals surface area (Å²) in [6, 6.07) is 2.62. The number of rotatable bonds is 4. The highest BCUT2D eigenvalue weighted by atomic mass is 14.9. The third kappa shape index (κ3) is 2.49. The molecule has 1 aromatic rings. The number of nitrogens with zero attached hydrogens (tertiary/aromatic N) is 2. The monoisotopic (exact) mass is 233 g/mol. The molecule has 2 rings (SSSR count). The number of nitrogens with one attached hydrogen (secondary N) is 1. The van der Waals surface area contributed by atoms with Crippen LogP contribution in [-0.4, -0.2) is 22.6 Å². The molecule has 0 radical (unpaired) electrons. The molecule has 0 saturated heterocycles. The molecule has 0 spiro atoms. The Balaban J connectivity index is 2.07. The van der Waals surface area contributed by atoms with Gasteiger partial charge in [0.25, 0.3) is 0 Å². The lowest BCUT2D eigenvalue weighted by Crippen LogP contribution is -2.26. The topological polar surface area (TPSA) is 37.8 Å². The predicted molar refractivity (Wildman–Crippen MR) is 69.9 cm³/mol. The second kappa shape index (κ2) is 4.37. The van der Waals surface area contributed by atoms with E-state index in [0.717, 1.165) is 12.4 Å². The van der Waals surface area contributed by atoms with Crippen LogP contribution in [0.5, 0.6) is 0 Å². The van der Waals surface area contributed by atoms with E-state index < -0.39 is 0 Å². The van der Waals surface area contributed by atoms with E-state index in [0.29, 0.717) is 23.3 Å². The Morgan fingerprint density at radius 1 is 1.41 bits per heavy atom. The third-order valence-electron chi connectivity index (χ3n) is 3.91. The molecular weight excluding hydrogens is 210 g/mol. The summed E-state index contributed by atoms with van der Waals surface area (Å²) >= 11 is 0. The van der Waals surface area contributed by atoms with Crippen molar-refractivity contribution in [3.63, 3.8) is 0 Å². The van der Waals surface area contributed by atoms with Gasteiger partial charge in [-0.25, -0.2) is 9.97 Å². The van der Waals surface area contributed by atoms with Gasteiger partial charge in [-0.15, -0.1) is 0 Å². The third-order valence-corrected chi connectivity index (χ3v) is 3.91. The fraction of sp³-hybridized carbons (Fsp3) is 0.714. The zero-order valence-electron chi connectivity index (χ0n) is 11.5. The largest absolute Gasteiger partial charge is 0.314 e. The molecule has 0 bridgehead atoms. The summed E-state index contributed by atoms with van der Waals surface area (Å²) in [6.45, 7) is 12.1. The van der Waals surface area contributed by atoms with Crippen molar-refractivity contribution < 1.29 is 0 Å². The Bertz CT molecular complexity index is 398. The van der Waals surface area contributed by atoms with Gasteiger partial charge in [0.2, 0.25) is 0 Å².